The van der Waals surface area contributed by atoms with E-state index in [0.29, 0.717) is 0 Å². The number of aliphatic imine (C=N–C) groups is 1. The summed E-state index contributed by atoms with van der Waals surface area (Å²) in [5.41, 5.74) is 12.9. The van der Waals surface area contributed by atoms with Crippen molar-refractivity contribution >= 4 is 49.6 Å². The number of benzene rings is 8. The molecule has 10 aromatic rings. The van der Waals surface area contributed by atoms with E-state index in [1.165, 1.54) is 21.8 Å². The lowest BCUT2D eigenvalue weighted by Gasteiger charge is -2.32. The Balaban J connectivity index is 1.06. The molecule has 0 saturated heterocycles. The molecule has 266 valence electrons. The molecule has 1 aliphatic rings. The first-order valence-electron chi connectivity index (χ1n) is 19.1. The molecule has 0 spiro atoms. The van der Waals surface area contributed by atoms with Crippen molar-refractivity contribution in [3.8, 4) is 27.9 Å². The van der Waals surface area contributed by atoms with Gasteiger partial charge in [0.1, 0.15) is 29.3 Å². The van der Waals surface area contributed by atoms with Crippen molar-refractivity contribution < 1.29 is 4.42 Å². The quantitative estimate of drug-likeness (QED) is 0.180. The molecule has 2 atom stereocenters. The van der Waals surface area contributed by atoms with Crippen LogP contribution in [0.1, 0.15) is 29.0 Å². The van der Waals surface area contributed by atoms with Gasteiger partial charge in [0, 0.05) is 38.4 Å². The molecule has 2 unspecified atom stereocenters. The SMILES string of the molecule is c1ccc(C2=NC(c3ccccc3)NC(c3cc(-c4ccccc4)cc4oc5cc(-c6cccc(-n7c8ccccc8c8ccccc87)c6)ccc5c34)N2)cc1. The summed E-state index contributed by atoms with van der Waals surface area (Å²) in [6, 6.07) is 68.6. The first-order chi connectivity index (χ1) is 27.7. The summed E-state index contributed by atoms with van der Waals surface area (Å²) in [6.45, 7) is 0. The third-order valence-corrected chi connectivity index (χ3v) is 11.1. The van der Waals surface area contributed by atoms with Gasteiger partial charge in [-0.25, -0.2) is 4.99 Å². The van der Waals surface area contributed by atoms with Crippen LogP contribution in [-0.2, 0) is 0 Å². The summed E-state index contributed by atoms with van der Waals surface area (Å²) in [5.74, 6) is 0.847. The standard InChI is InChI=1S/C51H36N4O/c1-4-15-33(16-5-1)38-30-43(51-53-49(34-17-6-2-7-18-34)52-50(54-51)35-19-8-3-9-20-35)48-42-28-27-37(31-46(42)56-47(48)32-38)36-21-14-22-39(29-36)55-44-25-12-10-23-40(44)41-24-11-13-26-45(41)55/h1-32,49,51,53H,(H,52,54). The molecule has 2 N–H and O–H groups in total. The number of fused-ring (bicyclic) bond motifs is 6. The van der Waals surface area contributed by atoms with E-state index >= 15 is 0 Å². The molecule has 0 radical (unpaired) electrons. The first kappa shape index (κ1) is 32.2. The van der Waals surface area contributed by atoms with Crippen LogP contribution < -0.4 is 10.6 Å². The van der Waals surface area contributed by atoms with Crippen LogP contribution in [0.5, 0.6) is 0 Å². The van der Waals surface area contributed by atoms with Crippen molar-refractivity contribution in [2.75, 3.05) is 0 Å². The molecule has 0 bridgehead atoms. The number of nitrogens with zero attached hydrogens (tertiary/aromatic N) is 2. The van der Waals surface area contributed by atoms with Crippen LogP contribution in [0.25, 0.3) is 71.7 Å². The maximum absolute atomic E-state index is 6.86. The summed E-state index contributed by atoms with van der Waals surface area (Å²) >= 11 is 0. The number of amidine groups is 1. The Bertz CT molecular complexity index is 3040. The van der Waals surface area contributed by atoms with Gasteiger partial charge in [0.25, 0.3) is 0 Å². The van der Waals surface area contributed by atoms with Crippen LogP contribution in [0.3, 0.4) is 0 Å². The molecule has 0 aliphatic carbocycles. The van der Waals surface area contributed by atoms with Gasteiger partial charge in [0.15, 0.2) is 0 Å². The average molecular weight is 721 g/mol. The number of aromatic nitrogens is 1. The monoisotopic (exact) mass is 720 g/mol. The topological polar surface area (TPSA) is 54.5 Å². The zero-order valence-electron chi connectivity index (χ0n) is 30.4. The van der Waals surface area contributed by atoms with E-state index in [0.717, 1.165) is 72.4 Å². The minimum absolute atomic E-state index is 0.250. The van der Waals surface area contributed by atoms with E-state index in [9.17, 15) is 0 Å². The van der Waals surface area contributed by atoms with Gasteiger partial charge >= 0.3 is 0 Å². The fraction of sp³-hybridized carbons (Fsp3) is 0.0392. The lowest BCUT2D eigenvalue weighted by molar-refractivity contribution is 0.411. The van der Waals surface area contributed by atoms with E-state index in [4.69, 9.17) is 9.41 Å². The van der Waals surface area contributed by atoms with Gasteiger partial charge in [-0.2, -0.15) is 0 Å². The number of hydrogen-bond acceptors (Lipinski definition) is 4. The van der Waals surface area contributed by atoms with E-state index in [1.807, 2.05) is 12.1 Å². The van der Waals surface area contributed by atoms with Gasteiger partial charge in [-0.1, -0.05) is 146 Å². The summed E-state index contributed by atoms with van der Waals surface area (Å²) in [6.07, 6.45) is -0.512. The minimum Gasteiger partial charge on any atom is -0.456 e. The van der Waals surface area contributed by atoms with Crippen molar-refractivity contribution in [3.05, 3.63) is 211 Å². The largest absolute Gasteiger partial charge is 0.456 e. The van der Waals surface area contributed by atoms with Crippen molar-refractivity contribution in [2.24, 2.45) is 4.99 Å². The third kappa shape index (κ3) is 5.48. The molecule has 5 nitrogen and oxygen atoms in total. The summed E-state index contributed by atoms with van der Waals surface area (Å²) in [5, 5.41) is 12.3. The molecule has 5 heteroatoms. The van der Waals surface area contributed by atoms with Gasteiger partial charge in [-0.05, 0) is 76.3 Å². The van der Waals surface area contributed by atoms with Crippen LogP contribution in [0, 0.1) is 0 Å². The summed E-state index contributed by atoms with van der Waals surface area (Å²) in [7, 11) is 0. The number of hydrogen-bond donors (Lipinski definition) is 2. The fourth-order valence-electron chi connectivity index (χ4n) is 8.43. The average Bonchev–Trinajstić information content (AvgIpc) is 3.82. The maximum atomic E-state index is 6.86. The second-order valence-corrected chi connectivity index (χ2v) is 14.4. The minimum atomic E-state index is -0.262. The zero-order chi connectivity index (χ0) is 37.0. The second-order valence-electron chi connectivity index (χ2n) is 14.4. The Kier molecular flexibility index (Phi) is 7.64. The lowest BCUT2D eigenvalue weighted by Crippen LogP contribution is -2.45. The molecule has 0 fully saturated rings. The predicted molar refractivity (Wildman–Crippen MR) is 230 cm³/mol. The van der Waals surface area contributed by atoms with Crippen molar-refractivity contribution in [1.82, 2.24) is 15.2 Å². The molecule has 56 heavy (non-hydrogen) atoms. The Labute approximate surface area is 324 Å². The van der Waals surface area contributed by atoms with Gasteiger partial charge in [0.2, 0.25) is 0 Å². The van der Waals surface area contributed by atoms with Crippen molar-refractivity contribution in [1.29, 1.82) is 0 Å². The van der Waals surface area contributed by atoms with E-state index < -0.39 is 0 Å². The molecule has 2 aromatic heterocycles. The number of furan rings is 1. The predicted octanol–water partition coefficient (Wildman–Crippen LogP) is 12.4. The highest BCUT2D eigenvalue weighted by Crippen LogP contribution is 2.41. The molecule has 3 heterocycles. The third-order valence-electron chi connectivity index (χ3n) is 11.1. The van der Waals surface area contributed by atoms with Gasteiger partial charge < -0.3 is 14.3 Å². The number of rotatable bonds is 6. The Hall–Kier alpha value is -7.21. The van der Waals surface area contributed by atoms with Gasteiger partial charge in [-0.15, -0.1) is 0 Å². The lowest BCUT2D eigenvalue weighted by atomic mass is 9.95. The van der Waals surface area contributed by atoms with E-state index in [1.54, 1.807) is 0 Å². The summed E-state index contributed by atoms with van der Waals surface area (Å²) < 4.78 is 9.22. The van der Waals surface area contributed by atoms with Crippen LogP contribution in [0.4, 0.5) is 0 Å². The smallest absolute Gasteiger partial charge is 0.136 e. The van der Waals surface area contributed by atoms with E-state index in [-0.39, 0.29) is 12.3 Å². The fourth-order valence-corrected chi connectivity index (χ4v) is 8.43. The molecule has 1 aliphatic heterocycles. The highest BCUT2D eigenvalue weighted by atomic mass is 16.3. The van der Waals surface area contributed by atoms with Crippen LogP contribution in [0.15, 0.2) is 204 Å². The normalized spacial score (nSPS) is 15.7. The molecule has 0 amide bonds. The number of para-hydroxylation sites is 2. The van der Waals surface area contributed by atoms with E-state index in [2.05, 4.69) is 197 Å². The highest BCUT2D eigenvalue weighted by molar-refractivity contribution is 6.11. The Morgan fingerprint density at radius 1 is 0.464 bits per heavy atom. The molecular weight excluding hydrogens is 685 g/mol. The molecular formula is C51H36N4O. The Morgan fingerprint density at radius 3 is 1.80 bits per heavy atom. The Morgan fingerprint density at radius 2 is 1.07 bits per heavy atom. The maximum Gasteiger partial charge on any atom is 0.136 e. The van der Waals surface area contributed by atoms with Gasteiger partial charge in [-0.3, -0.25) is 5.32 Å². The van der Waals surface area contributed by atoms with Crippen molar-refractivity contribution in [2.45, 2.75) is 12.3 Å². The van der Waals surface area contributed by atoms with Crippen LogP contribution in [-0.4, -0.2) is 10.4 Å². The highest BCUT2D eigenvalue weighted by Gasteiger charge is 2.28. The molecule has 11 rings (SSSR count). The first-order valence-corrected chi connectivity index (χ1v) is 19.1. The summed E-state index contributed by atoms with van der Waals surface area (Å²) in [4.78, 5) is 5.18. The molecule has 0 saturated carbocycles. The van der Waals surface area contributed by atoms with Gasteiger partial charge in [0.05, 0.1) is 11.0 Å². The second kappa shape index (κ2) is 13.3. The zero-order valence-corrected chi connectivity index (χ0v) is 30.4. The van der Waals surface area contributed by atoms with Crippen LogP contribution >= 0.6 is 0 Å². The molecule has 8 aromatic carbocycles. The van der Waals surface area contributed by atoms with Crippen LogP contribution in [0.2, 0.25) is 0 Å². The number of nitrogens with one attached hydrogen (secondary N) is 2. The van der Waals surface area contributed by atoms with Crippen molar-refractivity contribution in [3.63, 3.8) is 0 Å².